The Hall–Kier alpha value is -2.95. The number of aliphatic hydroxyl groups is 1. The Balaban J connectivity index is 1.62. The SMILES string of the molecule is Cc1cc(NS(C)(=O)=CCN(C)C)cc2ncnc(Nc3ccc(F)cc3OC3CCC(O)CC3)c12. The minimum atomic E-state index is -2.39. The van der Waals surface area contributed by atoms with Crippen LogP contribution in [0, 0.1) is 12.7 Å². The number of aryl methyl sites for hydroxylation is 1. The molecule has 1 aromatic heterocycles. The lowest BCUT2D eigenvalue weighted by atomic mass is 9.95. The van der Waals surface area contributed by atoms with Crippen molar-refractivity contribution in [2.75, 3.05) is 36.9 Å². The molecule has 36 heavy (non-hydrogen) atoms. The first-order valence-electron chi connectivity index (χ1n) is 12.0. The van der Waals surface area contributed by atoms with Crippen LogP contribution >= 0.6 is 0 Å². The van der Waals surface area contributed by atoms with E-state index in [9.17, 15) is 13.7 Å². The lowest BCUT2D eigenvalue weighted by Gasteiger charge is -2.27. The molecule has 0 radical (unpaired) electrons. The lowest BCUT2D eigenvalue weighted by molar-refractivity contribution is 0.0668. The van der Waals surface area contributed by atoms with Gasteiger partial charge in [0.05, 0.1) is 23.4 Å². The fourth-order valence-corrected chi connectivity index (χ4v) is 5.53. The van der Waals surface area contributed by atoms with Gasteiger partial charge in [-0.25, -0.2) is 18.6 Å². The van der Waals surface area contributed by atoms with Gasteiger partial charge in [-0.2, -0.15) is 0 Å². The van der Waals surface area contributed by atoms with E-state index in [0.717, 1.165) is 23.8 Å². The fraction of sp³-hybridized carbons (Fsp3) is 0.423. The monoisotopic (exact) mass is 515 g/mol. The summed E-state index contributed by atoms with van der Waals surface area (Å²) in [5.74, 6) is 0.581. The molecule has 0 aliphatic heterocycles. The van der Waals surface area contributed by atoms with E-state index in [1.807, 2.05) is 38.1 Å². The number of nitrogens with one attached hydrogen (secondary N) is 2. The van der Waals surface area contributed by atoms with Crippen LogP contribution < -0.4 is 14.8 Å². The zero-order valence-corrected chi connectivity index (χ0v) is 21.9. The fourth-order valence-electron chi connectivity index (χ4n) is 4.28. The van der Waals surface area contributed by atoms with Crippen LogP contribution in [-0.4, -0.2) is 68.7 Å². The van der Waals surface area contributed by atoms with Crippen LogP contribution in [0.4, 0.5) is 21.6 Å². The molecule has 1 atom stereocenters. The van der Waals surface area contributed by atoms with E-state index in [1.54, 1.807) is 17.7 Å². The minimum Gasteiger partial charge on any atom is -0.488 e. The van der Waals surface area contributed by atoms with Gasteiger partial charge in [0.25, 0.3) is 0 Å². The molecule has 1 fully saturated rings. The summed E-state index contributed by atoms with van der Waals surface area (Å²) < 4.78 is 36.3. The second kappa shape index (κ2) is 11.0. The van der Waals surface area contributed by atoms with Crippen LogP contribution in [0.25, 0.3) is 10.9 Å². The summed E-state index contributed by atoms with van der Waals surface area (Å²) in [6.07, 6.45) is 5.54. The molecular weight excluding hydrogens is 481 g/mol. The molecule has 1 aliphatic rings. The van der Waals surface area contributed by atoms with Crippen LogP contribution in [0.3, 0.4) is 0 Å². The van der Waals surface area contributed by atoms with Gasteiger partial charge in [0.2, 0.25) is 0 Å². The van der Waals surface area contributed by atoms with Gasteiger partial charge < -0.3 is 24.8 Å². The molecule has 2 aromatic carbocycles. The maximum atomic E-state index is 14.1. The third-order valence-electron chi connectivity index (χ3n) is 6.15. The van der Waals surface area contributed by atoms with Gasteiger partial charge >= 0.3 is 0 Å². The second-order valence-electron chi connectivity index (χ2n) is 9.66. The standard InChI is InChI=1S/C26H34FN5O3S/c1-17-13-19(31-36(4,34)12-11-32(2)3)15-23-25(17)26(29-16-28-23)30-22-10-5-18(27)14-24(22)35-21-8-6-20(33)7-9-21/h5,10,12-16,20-21,33H,6-9,11H2,1-4H3,(H,31,34)(H,28,29,30). The predicted octanol–water partition coefficient (Wildman–Crippen LogP) is 4.11. The van der Waals surface area contributed by atoms with Crippen molar-refractivity contribution in [3.8, 4) is 5.75 Å². The van der Waals surface area contributed by atoms with E-state index in [-0.39, 0.29) is 18.0 Å². The Bertz CT molecular complexity index is 1350. The van der Waals surface area contributed by atoms with Crippen molar-refractivity contribution in [2.24, 2.45) is 0 Å². The molecule has 1 heterocycles. The predicted molar refractivity (Wildman–Crippen MR) is 145 cm³/mol. The zero-order valence-electron chi connectivity index (χ0n) is 21.1. The smallest absolute Gasteiger partial charge is 0.146 e. The van der Waals surface area contributed by atoms with E-state index in [4.69, 9.17) is 4.74 Å². The Morgan fingerprint density at radius 1 is 1.19 bits per heavy atom. The molecule has 4 rings (SSSR count). The third kappa shape index (κ3) is 6.63. The van der Waals surface area contributed by atoms with Crippen molar-refractivity contribution < 1.29 is 18.4 Å². The van der Waals surface area contributed by atoms with E-state index in [2.05, 4.69) is 20.0 Å². The largest absolute Gasteiger partial charge is 0.488 e. The zero-order chi connectivity index (χ0) is 25.9. The summed E-state index contributed by atoms with van der Waals surface area (Å²) in [4.78, 5) is 10.8. The molecule has 8 nitrogen and oxygen atoms in total. The van der Waals surface area contributed by atoms with Crippen molar-refractivity contribution in [3.05, 3.63) is 48.0 Å². The molecular formula is C26H34FN5O3S. The van der Waals surface area contributed by atoms with E-state index in [1.165, 1.54) is 18.5 Å². The van der Waals surface area contributed by atoms with Crippen LogP contribution in [0.15, 0.2) is 36.7 Å². The molecule has 0 bridgehead atoms. The number of ether oxygens (including phenoxy) is 1. The number of nitrogens with zero attached hydrogens (tertiary/aromatic N) is 3. The highest BCUT2D eigenvalue weighted by Gasteiger charge is 2.22. The molecule has 1 aliphatic carbocycles. The number of aromatic nitrogens is 2. The van der Waals surface area contributed by atoms with Crippen molar-refractivity contribution in [1.82, 2.24) is 14.9 Å². The number of anilines is 3. The molecule has 3 N–H and O–H groups in total. The third-order valence-corrected chi connectivity index (χ3v) is 7.57. The Kier molecular flexibility index (Phi) is 7.97. The highest BCUT2D eigenvalue weighted by atomic mass is 32.2. The maximum Gasteiger partial charge on any atom is 0.146 e. The van der Waals surface area contributed by atoms with Crippen LogP contribution in [0.2, 0.25) is 0 Å². The van der Waals surface area contributed by atoms with E-state index >= 15 is 0 Å². The summed E-state index contributed by atoms with van der Waals surface area (Å²) in [5.41, 5.74) is 2.88. The Morgan fingerprint density at radius 2 is 1.94 bits per heavy atom. The molecule has 194 valence electrons. The summed E-state index contributed by atoms with van der Waals surface area (Å²) in [7, 11) is 1.46. The summed E-state index contributed by atoms with van der Waals surface area (Å²) in [5, 5.41) is 15.7. The minimum absolute atomic E-state index is 0.0820. The topological polar surface area (TPSA) is 99.6 Å². The maximum absolute atomic E-state index is 14.1. The Morgan fingerprint density at radius 3 is 2.67 bits per heavy atom. The first kappa shape index (κ1) is 26.1. The van der Waals surface area contributed by atoms with Gasteiger partial charge in [-0.05, 0) is 76.5 Å². The molecule has 0 spiro atoms. The quantitative estimate of drug-likeness (QED) is 0.388. The second-order valence-corrected chi connectivity index (χ2v) is 12.0. The van der Waals surface area contributed by atoms with Gasteiger partial charge in [-0.3, -0.25) is 0 Å². The van der Waals surface area contributed by atoms with Crippen molar-refractivity contribution >= 4 is 43.2 Å². The molecule has 1 saturated carbocycles. The van der Waals surface area contributed by atoms with Crippen LogP contribution in [-0.2, 0) is 9.71 Å². The van der Waals surface area contributed by atoms with E-state index in [0.29, 0.717) is 47.8 Å². The highest BCUT2D eigenvalue weighted by Crippen LogP contribution is 2.35. The van der Waals surface area contributed by atoms with Crippen LogP contribution in [0.1, 0.15) is 31.2 Å². The Labute approximate surface area is 212 Å². The van der Waals surface area contributed by atoms with E-state index < -0.39 is 9.71 Å². The molecule has 3 aromatic rings. The molecule has 0 saturated heterocycles. The molecule has 1 unspecified atom stereocenters. The van der Waals surface area contributed by atoms with Gasteiger partial charge in [-0.15, -0.1) is 0 Å². The number of hydrogen-bond acceptors (Lipinski definition) is 7. The van der Waals surface area contributed by atoms with Crippen molar-refractivity contribution in [3.63, 3.8) is 0 Å². The summed E-state index contributed by atoms with van der Waals surface area (Å²) in [6.45, 7) is 2.53. The highest BCUT2D eigenvalue weighted by molar-refractivity contribution is 8.01. The lowest BCUT2D eigenvalue weighted by Crippen LogP contribution is -2.26. The van der Waals surface area contributed by atoms with Gasteiger partial charge in [0.1, 0.15) is 23.7 Å². The number of halogens is 1. The molecule has 10 heteroatoms. The van der Waals surface area contributed by atoms with Crippen molar-refractivity contribution in [2.45, 2.75) is 44.8 Å². The normalized spacial score (nSPS) is 19.6. The van der Waals surface area contributed by atoms with Crippen molar-refractivity contribution in [1.29, 1.82) is 0 Å². The first-order chi connectivity index (χ1) is 17.1. The number of hydrogen-bond donors (Lipinski definition) is 3. The van der Waals surface area contributed by atoms with Crippen LogP contribution in [0.5, 0.6) is 5.75 Å². The van der Waals surface area contributed by atoms with Gasteiger partial charge in [0.15, 0.2) is 0 Å². The first-order valence-corrected chi connectivity index (χ1v) is 14.0. The average molecular weight is 516 g/mol. The molecule has 0 amide bonds. The number of benzene rings is 2. The van der Waals surface area contributed by atoms with Gasteiger partial charge in [-0.1, -0.05) is 0 Å². The number of rotatable bonds is 8. The summed E-state index contributed by atoms with van der Waals surface area (Å²) >= 11 is 0. The average Bonchev–Trinajstić information content (AvgIpc) is 2.81. The van der Waals surface area contributed by atoms with Gasteiger partial charge in [0, 0.05) is 45.0 Å². The summed E-state index contributed by atoms with van der Waals surface area (Å²) in [6, 6.07) is 8.14. The number of aliphatic hydroxyl groups excluding tert-OH is 1. The number of fused-ring (bicyclic) bond motifs is 1.